The van der Waals surface area contributed by atoms with Crippen LogP contribution in [0.2, 0.25) is 5.02 Å². The van der Waals surface area contributed by atoms with E-state index in [1.165, 1.54) is 31.0 Å². The molecule has 0 heterocycles. The maximum atomic E-state index is 11.8. The Morgan fingerprint density at radius 3 is 2.86 bits per heavy atom. The Hall–Kier alpha value is -1.66. The molecule has 0 unspecified atom stereocenters. The predicted molar refractivity (Wildman–Crippen MR) is 78.6 cm³/mol. The number of hydrogen-bond donors (Lipinski definition) is 1. The lowest BCUT2D eigenvalue weighted by Gasteiger charge is -2.06. The van der Waals surface area contributed by atoms with E-state index in [-0.39, 0.29) is 16.6 Å². The van der Waals surface area contributed by atoms with Crippen molar-refractivity contribution in [3.8, 4) is 0 Å². The lowest BCUT2D eigenvalue weighted by molar-refractivity contribution is -0.384. The number of carbonyl (C=O) groups is 1. The van der Waals surface area contributed by atoms with Gasteiger partial charge < -0.3 is 10.1 Å². The third-order valence-electron chi connectivity index (χ3n) is 3.21. The molecule has 1 fully saturated rings. The van der Waals surface area contributed by atoms with Crippen LogP contribution in [0.15, 0.2) is 18.2 Å². The molecule has 1 amide bonds. The number of nitrogens with one attached hydrogen (secondary N) is 1. The van der Waals surface area contributed by atoms with Crippen molar-refractivity contribution in [3.63, 3.8) is 0 Å². The number of amides is 1. The van der Waals surface area contributed by atoms with E-state index in [0.717, 1.165) is 18.9 Å². The van der Waals surface area contributed by atoms with Gasteiger partial charge in [0.25, 0.3) is 11.6 Å². The summed E-state index contributed by atoms with van der Waals surface area (Å²) >= 11 is 5.76. The van der Waals surface area contributed by atoms with Crippen LogP contribution in [0.25, 0.3) is 0 Å². The zero-order chi connectivity index (χ0) is 15.2. The Kier molecular flexibility index (Phi) is 5.52. The van der Waals surface area contributed by atoms with Gasteiger partial charge in [0.1, 0.15) is 5.02 Å². The first kappa shape index (κ1) is 15.7. The largest absolute Gasteiger partial charge is 0.381 e. The summed E-state index contributed by atoms with van der Waals surface area (Å²) < 4.78 is 5.46. The first-order chi connectivity index (χ1) is 10.1. The van der Waals surface area contributed by atoms with E-state index in [1.807, 2.05) is 0 Å². The Morgan fingerprint density at radius 2 is 2.24 bits per heavy atom. The molecule has 0 aromatic heterocycles. The molecule has 0 saturated heterocycles. The zero-order valence-corrected chi connectivity index (χ0v) is 12.3. The summed E-state index contributed by atoms with van der Waals surface area (Å²) in [6.45, 7) is 1.93. The molecule has 1 aromatic carbocycles. The summed E-state index contributed by atoms with van der Waals surface area (Å²) in [5.41, 5.74) is 0.103. The van der Waals surface area contributed by atoms with Gasteiger partial charge in [-0.3, -0.25) is 14.9 Å². The number of nitro benzene ring substituents is 1. The van der Waals surface area contributed by atoms with E-state index in [0.29, 0.717) is 18.7 Å². The van der Waals surface area contributed by atoms with Crippen LogP contribution < -0.4 is 5.32 Å². The second-order valence-corrected chi connectivity index (χ2v) is 5.46. The van der Waals surface area contributed by atoms with Gasteiger partial charge >= 0.3 is 0 Å². The molecular formula is C14H17ClN2O4. The number of carbonyl (C=O) groups excluding carboxylic acids is 1. The van der Waals surface area contributed by atoms with Crippen molar-refractivity contribution < 1.29 is 14.5 Å². The highest BCUT2D eigenvalue weighted by Gasteiger charge is 2.20. The summed E-state index contributed by atoms with van der Waals surface area (Å²) in [5, 5.41) is 13.3. The Balaban J connectivity index is 1.72. The van der Waals surface area contributed by atoms with Crippen LogP contribution in [-0.4, -0.2) is 30.6 Å². The van der Waals surface area contributed by atoms with Crippen LogP contribution in [0.4, 0.5) is 5.69 Å². The first-order valence-electron chi connectivity index (χ1n) is 6.88. The summed E-state index contributed by atoms with van der Waals surface area (Å²) in [7, 11) is 0. The van der Waals surface area contributed by atoms with E-state index in [2.05, 4.69) is 5.32 Å². The summed E-state index contributed by atoms with van der Waals surface area (Å²) in [6, 6.07) is 3.93. The zero-order valence-electron chi connectivity index (χ0n) is 11.5. The van der Waals surface area contributed by atoms with Gasteiger partial charge in [-0.1, -0.05) is 11.6 Å². The molecule has 0 atom stereocenters. The third kappa shape index (κ3) is 4.99. The van der Waals surface area contributed by atoms with Gasteiger partial charge in [-0.25, -0.2) is 0 Å². The number of rotatable bonds is 8. The quantitative estimate of drug-likeness (QED) is 0.454. The molecule has 1 aromatic rings. The van der Waals surface area contributed by atoms with Crippen molar-refractivity contribution >= 4 is 23.2 Å². The van der Waals surface area contributed by atoms with Gasteiger partial charge in [0, 0.05) is 31.4 Å². The fourth-order valence-corrected chi connectivity index (χ4v) is 2.06. The molecule has 1 aliphatic carbocycles. The Morgan fingerprint density at radius 1 is 1.48 bits per heavy atom. The van der Waals surface area contributed by atoms with E-state index in [9.17, 15) is 14.9 Å². The van der Waals surface area contributed by atoms with Crippen molar-refractivity contribution in [3.05, 3.63) is 38.9 Å². The fourth-order valence-electron chi connectivity index (χ4n) is 1.81. The maximum absolute atomic E-state index is 11.8. The molecule has 1 aliphatic rings. The van der Waals surface area contributed by atoms with Gasteiger partial charge in [0.15, 0.2) is 0 Å². The predicted octanol–water partition coefficient (Wildman–Crippen LogP) is 2.79. The molecule has 6 nitrogen and oxygen atoms in total. The van der Waals surface area contributed by atoms with Gasteiger partial charge in [-0.05, 0) is 37.3 Å². The molecule has 114 valence electrons. The van der Waals surface area contributed by atoms with Crippen LogP contribution in [0.3, 0.4) is 0 Å². The van der Waals surface area contributed by atoms with E-state index in [1.54, 1.807) is 0 Å². The smallest absolute Gasteiger partial charge is 0.287 e. The van der Waals surface area contributed by atoms with Crippen LogP contribution in [0.5, 0.6) is 0 Å². The third-order valence-corrected chi connectivity index (χ3v) is 3.51. The monoisotopic (exact) mass is 312 g/mol. The molecule has 21 heavy (non-hydrogen) atoms. The van der Waals surface area contributed by atoms with Crippen LogP contribution in [0.1, 0.15) is 29.6 Å². The van der Waals surface area contributed by atoms with Gasteiger partial charge in [-0.2, -0.15) is 0 Å². The average Bonchev–Trinajstić information content (AvgIpc) is 3.26. The Bertz CT molecular complexity index is 532. The molecule has 1 N–H and O–H groups in total. The number of halogens is 1. The number of nitrogens with zero attached hydrogens (tertiary/aromatic N) is 1. The van der Waals surface area contributed by atoms with Crippen LogP contribution in [0, 0.1) is 16.0 Å². The molecule has 7 heteroatoms. The van der Waals surface area contributed by atoms with Crippen LogP contribution in [-0.2, 0) is 4.74 Å². The molecule has 0 bridgehead atoms. The van der Waals surface area contributed by atoms with Crippen LogP contribution >= 0.6 is 11.6 Å². The summed E-state index contributed by atoms with van der Waals surface area (Å²) in [6.07, 6.45) is 3.26. The minimum absolute atomic E-state index is 0.0413. The average molecular weight is 313 g/mol. The highest BCUT2D eigenvalue weighted by atomic mass is 35.5. The van der Waals surface area contributed by atoms with E-state index >= 15 is 0 Å². The fraction of sp³-hybridized carbons (Fsp3) is 0.500. The second kappa shape index (κ2) is 7.38. The molecular weight excluding hydrogens is 296 g/mol. The van der Waals surface area contributed by atoms with E-state index < -0.39 is 4.92 Å². The summed E-state index contributed by atoms with van der Waals surface area (Å²) in [4.78, 5) is 21.9. The minimum Gasteiger partial charge on any atom is -0.381 e. The SMILES string of the molecule is O=C(NCCCOCC1CC1)c1ccc([N+](=O)[O-])c(Cl)c1. The van der Waals surface area contributed by atoms with Gasteiger partial charge in [0.2, 0.25) is 0 Å². The highest BCUT2D eigenvalue weighted by Crippen LogP contribution is 2.28. The van der Waals surface area contributed by atoms with Crippen molar-refractivity contribution in [2.45, 2.75) is 19.3 Å². The number of hydrogen-bond acceptors (Lipinski definition) is 4. The molecule has 0 spiro atoms. The molecule has 0 aliphatic heterocycles. The second-order valence-electron chi connectivity index (χ2n) is 5.05. The lowest BCUT2D eigenvalue weighted by atomic mass is 10.2. The number of benzene rings is 1. The number of ether oxygens (including phenoxy) is 1. The van der Waals surface area contributed by atoms with Gasteiger partial charge in [-0.15, -0.1) is 0 Å². The van der Waals surface area contributed by atoms with Crippen molar-refractivity contribution in [1.29, 1.82) is 0 Å². The molecule has 0 radical (unpaired) electrons. The topological polar surface area (TPSA) is 81.5 Å². The molecule has 2 rings (SSSR count). The normalized spacial score (nSPS) is 14.0. The summed E-state index contributed by atoms with van der Waals surface area (Å²) in [5.74, 6) is 0.441. The minimum atomic E-state index is -0.582. The van der Waals surface area contributed by atoms with E-state index in [4.69, 9.17) is 16.3 Å². The van der Waals surface area contributed by atoms with Crippen molar-refractivity contribution in [2.24, 2.45) is 5.92 Å². The standard InChI is InChI=1S/C14H17ClN2O4/c15-12-8-11(4-5-13(12)17(19)20)14(18)16-6-1-7-21-9-10-2-3-10/h4-5,8,10H,1-3,6-7,9H2,(H,16,18). The highest BCUT2D eigenvalue weighted by molar-refractivity contribution is 6.33. The molecule has 1 saturated carbocycles. The number of nitro groups is 1. The van der Waals surface area contributed by atoms with Crippen molar-refractivity contribution in [1.82, 2.24) is 5.32 Å². The maximum Gasteiger partial charge on any atom is 0.287 e. The van der Waals surface area contributed by atoms with Crippen molar-refractivity contribution in [2.75, 3.05) is 19.8 Å². The van der Waals surface area contributed by atoms with Gasteiger partial charge in [0.05, 0.1) is 4.92 Å². The Labute approximate surface area is 127 Å². The lowest BCUT2D eigenvalue weighted by Crippen LogP contribution is -2.25. The first-order valence-corrected chi connectivity index (χ1v) is 7.25.